The molecule has 2 nitrogen and oxygen atoms in total. The second-order valence-electron chi connectivity index (χ2n) is 8.56. The minimum absolute atomic E-state index is 0.0178. The van der Waals surface area contributed by atoms with Crippen LogP contribution in [0.25, 0.3) is 0 Å². The fourth-order valence-corrected chi connectivity index (χ4v) is 4.30. The largest absolute Gasteiger partial charge is 0.377 e. The van der Waals surface area contributed by atoms with Gasteiger partial charge in [0, 0.05) is 19.4 Å². The number of hydrogen-bond donors (Lipinski definition) is 0. The van der Waals surface area contributed by atoms with Gasteiger partial charge < -0.3 is 4.74 Å². The van der Waals surface area contributed by atoms with Gasteiger partial charge in [-0.2, -0.15) is 0 Å². The Labute approximate surface area is 148 Å². The van der Waals surface area contributed by atoms with Crippen molar-refractivity contribution >= 4 is 5.78 Å². The summed E-state index contributed by atoms with van der Waals surface area (Å²) in [6, 6.07) is 10.2. The monoisotopic (exact) mass is 330 g/mol. The Morgan fingerprint density at radius 3 is 2.50 bits per heavy atom. The van der Waals surface area contributed by atoms with Crippen LogP contribution < -0.4 is 0 Å². The van der Waals surface area contributed by atoms with Crippen LogP contribution in [-0.2, 0) is 9.53 Å². The highest BCUT2D eigenvalue weighted by Crippen LogP contribution is 2.45. The first-order valence-corrected chi connectivity index (χ1v) is 9.44. The van der Waals surface area contributed by atoms with Crippen LogP contribution in [-0.4, -0.2) is 12.9 Å². The Balaban J connectivity index is 2.01. The number of carbonyl (C=O) groups excluding carboxylic acids is 1. The second-order valence-corrected chi connectivity index (χ2v) is 8.56. The lowest BCUT2D eigenvalue weighted by molar-refractivity contribution is -0.129. The standard InChI is InChI=1S/C22H34O2/c1-16(2)18-13-14-22(3,4)15-19(18)20(23)11-12-21(24-5)17-9-7-6-8-10-17/h6-10,16,18-19,21H,11-15H2,1-5H3. The van der Waals surface area contributed by atoms with Gasteiger partial charge in [0.15, 0.2) is 0 Å². The van der Waals surface area contributed by atoms with Gasteiger partial charge in [0.05, 0.1) is 6.10 Å². The van der Waals surface area contributed by atoms with Crippen molar-refractivity contribution in [3.63, 3.8) is 0 Å². The smallest absolute Gasteiger partial charge is 0.136 e. The summed E-state index contributed by atoms with van der Waals surface area (Å²) in [6.45, 7) is 9.16. The normalized spacial score (nSPS) is 24.8. The summed E-state index contributed by atoms with van der Waals surface area (Å²) in [5.74, 6) is 1.80. The summed E-state index contributed by atoms with van der Waals surface area (Å²) in [4.78, 5) is 13.0. The molecule has 0 aliphatic heterocycles. The maximum absolute atomic E-state index is 13.0. The molecule has 0 saturated heterocycles. The maximum Gasteiger partial charge on any atom is 0.136 e. The van der Waals surface area contributed by atoms with Crippen molar-refractivity contribution in [1.82, 2.24) is 0 Å². The summed E-state index contributed by atoms with van der Waals surface area (Å²) < 4.78 is 5.64. The van der Waals surface area contributed by atoms with Crippen molar-refractivity contribution in [2.24, 2.45) is 23.2 Å². The van der Waals surface area contributed by atoms with Crippen LogP contribution in [0.5, 0.6) is 0 Å². The summed E-state index contributed by atoms with van der Waals surface area (Å²) in [5, 5.41) is 0. The molecule has 1 aliphatic carbocycles. The quantitative estimate of drug-likeness (QED) is 0.629. The van der Waals surface area contributed by atoms with E-state index in [9.17, 15) is 4.79 Å². The SMILES string of the molecule is COC(CCC(=O)C1CC(C)(C)CCC1C(C)C)c1ccccc1. The van der Waals surface area contributed by atoms with Crippen molar-refractivity contribution in [3.8, 4) is 0 Å². The Bertz CT molecular complexity index is 518. The van der Waals surface area contributed by atoms with E-state index >= 15 is 0 Å². The van der Waals surface area contributed by atoms with E-state index in [1.807, 2.05) is 18.2 Å². The molecule has 1 aromatic carbocycles. The van der Waals surface area contributed by atoms with E-state index < -0.39 is 0 Å². The molecule has 1 fully saturated rings. The predicted molar refractivity (Wildman–Crippen MR) is 99.9 cm³/mol. The molecular weight excluding hydrogens is 296 g/mol. The molecular formula is C22H34O2. The number of rotatable bonds is 7. The molecule has 0 amide bonds. The Morgan fingerprint density at radius 1 is 1.25 bits per heavy atom. The third-order valence-corrected chi connectivity index (χ3v) is 5.82. The molecule has 2 heteroatoms. The van der Waals surface area contributed by atoms with Crippen LogP contribution >= 0.6 is 0 Å². The number of Topliss-reactive ketones (excluding diaryl/α,β-unsaturated/α-hetero) is 1. The molecule has 0 bridgehead atoms. The van der Waals surface area contributed by atoms with Crippen LogP contribution in [0.1, 0.15) is 71.5 Å². The van der Waals surface area contributed by atoms with Gasteiger partial charge in [-0.25, -0.2) is 0 Å². The fraction of sp³-hybridized carbons (Fsp3) is 0.682. The average Bonchev–Trinajstić information content (AvgIpc) is 2.55. The van der Waals surface area contributed by atoms with E-state index in [1.54, 1.807) is 7.11 Å². The van der Waals surface area contributed by atoms with Crippen LogP contribution in [0.15, 0.2) is 30.3 Å². The second kappa shape index (κ2) is 8.29. The number of carbonyl (C=O) groups is 1. The van der Waals surface area contributed by atoms with Gasteiger partial charge in [0.2, 0.25) is 0 Å². The van der Waals surface area contributed by atoms with Crippen LogP contribution in [0.3, 0.4) is 0 Å². The number of benzene rings is 1. The van der Waals surface area contributed by atoms with E-state index in [2.05, 4.69) is 39.8 Å². The molecule has 2 rings (SSSR count). The summed E-state index contributed by atoms with van der Waals surface area (Å²) >= 11 is 0. The molecule has 1 saturated carbocycles. The molecule has 0 spiro atoms. The highest BCUT2D eigenvalue weighted by Gasteiger charge is 2.39. The molecule has 24 heavy (non-hydrogen) atoms. The first-order chi connectivity index (χ1) is 11.3. The molecule has 3 atom stereocenters. The van der Waals surface area contributed by atoms with E-state index in [0.717, 1.165) is 18.4 Å². The van der Waals surface area contributed by atoms with E-state index in [-0.39, 0.29) is 12.0 Å². The molecule has 3 unspecified atom stereocenters. The lowest BCUT2D eigenvalue weighted by atomic mass is 9.62. The van der Waals surface area contributed by atoms with Gasteiger partial charge in [-0.05, 0) is 48.5 Å². The third kappa shape index (κ3) is 4.92. The van der Waals surface area contributed by atoms with Gasteiger partial charge in [0.1, 0.15) is 5.78 Å². The van der Waals surface area contributed by atoms with Crippen LogP contribution in [0, 0.1) is 23.2 Å². The maximum atomic E-state index is 13.0. The zero-order valence-electron chi connectivity index (χ0n) is 16.0. The molecule has 0 N–H and O–H groups in total. The van der Waals surface area contributed by atoms with Crippen LogP contribution in [0.4, 0.5) is 0 Å². The number of ketones is 1. The van der Waals surface area contributed by atoms with E-state index in [1.165, 1.54) is 12.8 Å². The lowest BCUT2D eigenvalue weighted by Crippen LogP contribution is -2.37. The van der Waals surface area contributed by atoms with Gasteiger partial charge in [-0.1, -0.05) is 58.0 Å². The predicted octanol–water partition coefficient (Wildman–Crippen LogP) is 5.82. The zero-order valence-corrected chi connectivity index (χ0v) is 16.0. The molecule has 0 radical (unpaired) electrons. The van der Waals surface area contributed by atoms with Gasteiger partial charge >= 0.3 is 0 Å². The van der Waals surface area contributed by atoms with Gasteiger partial charge in [-0.15, -0.1) is 0 Å². The number of methoxy groups -OCH3 is 1. The van der Waals surface area contributed by atoms with Crippen molar-refractivity contribution in [1.29, 1.82) is 0 Å². The number of hydrogen-bond acceptors (Lipinski definition) is 2. The Morgan fingerprint density at radius 2 is 1.92 bits per heavy atom. The Kier molecular flexibility index (Phi) is 6.62. The highest BCUT2D eigenvalue weighted by molar-refractivity contribution is 5.81. The zero-order chi connectivity index (χ0) is 17.7. The average molecular weight is 331 g/mol. The number of ether oxygens (including phenoxy) is 1. The molecule has 0 heterocycles. The molecule has 1 aromatic rings. The third-order valence-electron chi connectivity index (χ3n) is 5.82. The lowest BCUT2D eigenvalue weighted by Gasteiger charge is -2.42. The van der Waals surface area contributed by atoms with Crippen molar-refractivity contribution in [2.45, 2.75) is 65.9 Å². The van der Waals surface area contributed by atoms with E-state index in [4.69, 9.17) is 4.74 Å². The minimum Gasteiger partial charge on any atom is -0.377 e. The van der Waals surface area contributed by atoms with Crippen LogP contribution in [0.2, 0.25) is 0 Å². The van der Waals surface area contributed by atoms with Crippen molar-refractivity contribution in [3.05, 3.63) is 35.9 Å². The Hall–Kier alpha value is -1.15. The minimum atomic E-state index is 0.0178. The summed E-state index contributed by atoms with van der Waals surface area (Å²) in [6.07, 6.45) is 4.89. The summed E-state index contributed by atoms with van der Waals surface area (Å²) in [5.41, 5.74) is 1.46. The molecule has 134 valence electrons. The van der Waals surface area contributed by atoms with E-state index in [0.29, 0.717) is 29.5 Å². The summed E-state index contributed by atoms with van der Waals surface area (Å²) in [7, 11) is 1.74. The van der Waals surface area contributed by atoms with Crippen molar-refractivity contribution < 1.29 is 9.53 Å². The van der Waals surface area contributed by atoms with Gasteiger partial charge in [0.25, 0.3) is 0 Å². The molecule has 0 aromatic heterocycles. The first kappa shape index (κ1) is 19.2. The topological polar surface area (TPSA) is 26.3 Å². The first-order valence-electron chi connectivity index (χ1n) is 9.44. The highest BCUT2D eigenvalue weighted by atomic mass is 16.5. The van der Waals surface area contributed by atoms with Crippen molar-refractivity contribution in [2.75, 3.05) is 7.11 Å². The van der Waals surface area contributed by atoms with Gasteiger partial charge in [-0.3, -0.25) is 4.79 Å². The molecule has 1 aliphatic rings. The fourth-order valence-electron chi connectivity index (χ4n) is 4.30.